The topological polar surface area (TPSA) is 29.0 Å². The van der Waals surface area contributed by atoms with Gasteiger partial charge in [0.25, 0.3) is 0 Å². The first-order chi connectivity index (χ1) is 8.24. The van der Waals surface area contributed by atoms with Crippen LogP contribution < -0.4 is 4.90 Å². The first-order valence-electron chi connectivity index (χ1n) is 6.03. The van der Waals surface area contributed by atoms with Gasteiger partial charge in [-0.3, -0.25) is 0 Å². The number of alkyl halides is 1. The van der Waals surface area contributed by atoms with E-state index in [1.165, 1.54) is 12.7 Å². The van der Waals surface area contributed by atoms with Crippen molar-refractivity contribution in [1.29, 1.82) is 0 Å². The Balaban J connectivity index is 2.31. The number of aromatic nitrogens is 2. The lowest BCUT2D eigenvalue weighted by atomic mass is 10.1. The molecule has 0 bridgehead atoms. The Morgan fingerprint density at radius 1 is 1.41 bits per heavy atom. The molecular weight excluding hydrogens is 241 g/mol. The molecule has 0 N–H and O–H groups in total. The van der Waals surface area contributed by atoms with Crippen molar-refractivity contribution in [3.05, 3.63) is 17.8 Å². The van der Waals surface area contributed by atoms with E-state index in [-0.39, 0.29) is 11.9 Å². The zero-order valence-corrected chi connectivity index (χ0v) is 10.8. The molecule has 5 heteroatoms. The van der Waals surface area contributed by atoms with Gasteiger partial charge in [-0.25, -0.2) is 14.4 Å². The number of hydrogen-bond acceptors (Lipinski definition) is 3. The Labute approximate surface area is 106 Å². The summed E-state index contributed by atoms with van der Waals surface area (Å²) in [6, 6.07) is 0.183. The zero-order valence-electron chi connectivity index (χ0n) is 9.99. The highest BCUT2D eigenvalue weighted by atomic mass is 35.5. The van der Waals surface area contributed by atoms with Crippen LogP contribution in [0.1, 0.15) is 31.4 Å². The van der Waals surface area contributed by atoms with Crippen LogP contribution in [-0.2, 0) is 0 Å². The van der Waals surface area contributed by atoms with Gasteiger partial charge in [-0.2, -0.15) is 0 Å². The van der Waals surface area contributed by atoms with E-state index < -0.39 is 0 Å². The van der Waals surface area contributed by atoms with E-state index in [0.717, 1.165) is 25.8 Å². The number of aryl methyl sites for hydroxylation is 1. The fourth-order valence-electron chi connectivity index (χ4n) is 2.26. The summed E-state index contributed by atoms with van der Waals surface area (Å²) < 4.78 is 14.0. The molecule has 2 heterocycles. The van der Waals surface area contributed by atoms with E-state index in [4.69, 9.17) is 11.6 Å². The van der Waals surface area contributed by atoms with E-state index in [1.807, 2.05) is 4.90 Å². The number of hydrogen-bond donors (Lipinski definition) is 0. The van der Waals surface area contributed by atoms with Crippen LogP contribution in [0.4, 0.5) is 10.2 Å². The van der Waals surface area contributed by atoms with E-state index in [0.29, 0.717) is 17.4 Å². The van der Waals surface area contributed by atoms with E-state index in [1.54, 1.807) is 6.92 Å². The maximum absolute atomic E-state index is 14.0. The van der Waals surface area contributed by atoms with Gasteiger partial charge in [-0.05, 0) is 19.8 Å². The molecule has 1 aromatic rings. The van der Waals surface area contributed by atoms with Crippen LogP contribution in [0.3, 0.4) is 0 Å². The first-order valence-corrected chi connectivity index (χ1v) is 6.57. The molecule has 3 nitrogen and oxygen atoms in total. The van der Waals surface area contributed by atoms with Gasteiger partial charge >= 0.3 is 0 Å². The number of halogens is 2. The molecule has 1 aromatic heterocycles. The molecule has 1 atom stereocenters. The van der Waals surface area contributed by atoms with Gasteiger partial charge in [0, 0.05) is 18.5 Å². The Morgan fingerprint density at radius 2 is 2.24 bits per heavy atom. The number of anilines is 1. The average molecular weight is 258 g/mol. The van der Waals surface area contributed by atoms with Crippen LogP contribution in [-0.4, -0.2) is 28.4 Å². The number of nitrogens with zero attached hydrogens (tertiary/aromatic N) is 3. The molecule has 1 aliphatic rings. The molecule has 1 unspecified atom stereocenters. The predicted molar refractivity (Wildman–Crippen MR) is 67.0 cm³/mol. The SMILES string of the molecule is Cc1ncnc(N2CCCCCC2CCl)c1F. The molecule has 2 rings (SSSR count). The normalized spacial score (nSPS) is 21.4. The largest absolute Gasteiger partial charge is 0.350 e. The van der Waals surface area contributed by atoms with Crippen molar-refractivity contribution < 1.29 is 4.39 Å². The maximum Gasteiger partial charge on any atom is 0.186 e. The van der Waals surface area contributed by atoms with Crippen LogP contribution in [0.5, 0.6) is 0 Å². The second-order valence-electron chi connectivity index (χ2n) is 4.45. The molecule has 1 aliphatic heterocycles. The zero-order chi connectivity index (χ0) is 12.3. The molecule has 0 radical (unpaired) electrons. The fraction of sp³-hybridized carbons (Fsp3) is 0.667. The van der Waals surface area contributed by atoms with Gasteiger partial charge < -0.3 is 4.90 Å². The van der Waals surface area contributed by atoms with Gasteiger partial charge in [0.15, 0.2) is 11.6 Å². The van der Waals surface area contributed by atoms with Crippen LogP contribution in [0.25, 0.3) is 0 Å². The van der Waals surface area contributed by atoms with Crippen LogP contribution in [0.2, 0.25) is 0 Å². The molecular formula is C12H17ClFN3. The van der Waals surface area contributed by atoms with E-state index in [9.17, 15) is 4.39 Å². The Bertz CT molecular complexity index is 386. The van der Waals surface area contributed by atoms with Gasteiger partial charge in [0.2, 0.25) is 0 Å². The van der Waals surface area contributed by atoms with Crippen LogP contribution in [0, 0.1) is 12.7 Å². The van der Waals surface area contributed by atoms with E-state index >= 15 is 0 Å². The Kier molecular flexibility index (Phi) is 4.15. The lowest BCUT2D eigenvalue weighted by molar-refractivity contribution is 0.562. The minimum Gasteiger partial charge on any atom is -0.350 e. The smallest absolute Gasteiger partial charge is 0.186 e. The third-order valence-corrected chi connectivity index (χ3v) is 3.63. The quantitative estimate of drug-likeness (QED) is 0.763. The van der Waals surface area contributed by atoms with Crippen molar-refractivity contribution in [2.24, 2.45) is 0 Å². The highest BCUT2D eigenvalue weighted by molar-refractivity contribution is 6.18. The second-order valence-corrected chi connectivity index (χ2v) is 4.76. The molecule has 1 saturated heterocycles. The minimum absolute atomic E-state index is 0.183. The molecule has 1 fully saturated rings. The lowest BCUT2D eigenvalue weighted by Crippen LogP contribution is -2.37. The first kappa shape index (κ1) is 12.6. The molecule has 0 saturated carbocycles. The maximum atomic E-state index is 14.0. The lowest BCUT2D eigenvalue weighted by Gasteiger charge is -2.29. The van der Waals surface area contributed by atoms with Crippen LogP contribution in [0.15, 0.2) is 6.33 Å². The third kappa shape index (κ3) is 2.68. The third-order valence-electron chi connectivity index (χ3n) is 3.27. The summed E-state index contributed by atoms with van der Waals surface area (Å²) in [5, 5.41) is 0. The molecule has 0 spiro atoms. The Morgan fingerprint density at radius 3 is 3.00 bits per heavy atom. The standard InChI is InChI=1S/C12H17ClFN3/c1-9-11(14)12(16-8-15-9)17-6-4-2-3-5-10(17)7-13/h8,10H,2-7H2,1H3. The minimum atomic E-state index is -0.315. The van der Waals surface area contributed by atoms with Crippen LogP contribution >= 0.6 is 11.6 Å². The molecule has 0 amide bonds. The summed E-state index contributed by atoms with van der Waals surface area (Å²) in [4.78, 5) is 9.95. The number of rotatable bonds is 2. The molecule has 0 aliphatic carbocycles. The summed E-state index contributed by atoms with van der Waals surface area (Å²) in [6.07, 6.45) is 5.82. The monoisotopic (exact) mass is 257 g/mol. The highest BCUT2D eigenvalue weighted by Crippen LogP contribution is 2.25. The van der Waals surface area contributed by atoms with Gasteiger partial charge in [0.05, 0.1) is 5.69 Å². The van der Waals surface area contributed by atoms with Gasteiger partial charge in [-0.1, -0.05) is 12.8 Å². The van der Waals surface area contributed by atoms with Crippen molar-refractivity contribution in [2.75, 3.05) is 17.3 Å². The second kappa shape index (κ2) is 5.63. The van der Waals surface area contributed by atoms with Crippen molar-refractivity contribution in [3.8, 4) is 0 Å². The fourth-order valence-corrected chi connectivity index (χ4v) is 2.58. The summed E-state index contributed by atoms with van der Waals surface area (Å²) in [6.45, 7) is 2.48. The van der Waals surface area contributed by atoms with E-state index in [2.05, 4.69) is 9.97 Å². The van der Waals surface area contributed by atoms with Crippen molar-refractivity contribution in [1.82, 2.24) is 9.97 Å². The van der Waals surface area contributed by atoms with Crippen molar-refractivity contribution in [2.45, 2.75) is 38.6 Å². The van der Waals surface area contributed by atoms with Gasteiger partial charge in [-0.15, -0.1) is 11.6 Å². The van der Waals surface area contributed by atoms with Gasteiger partial charge in [0.1, 0.15) is 6.33 Å². The molecule has 17 heavy (non-hydrogen) atoms. The summed E-state index contributed by atoms with van der Waals surface area (Å²) >= 11 is 5.98. The average Bonchev–Trinajstić information content (AvgIpc) is 2.57. The highest BCUT2D eigenvalue weighted by Gasteiger charge is 2.24. The predicted octanol–water partition coefficient (Wildman–Crippen LogP) is 2.91. The Hall–Kier alpha value is -0.900. The molecule has 94 valence electrons. The summed E-state index contributed by atoms with van der Waals surface area (Å²) in [5.41, 5.74) is 0.396. The summed E-state index contributed by atoms with van der Waals surface area (Å²) in [5.74, 6) is 0.609. The van der Waals surface area contributed by atoms with Crippen molar-refractivity contribution >= 4 is 17.4 Å². The van der Waals surface area contributed by atoms with Crippen molar-refractivity contribution in [3.63, 3.8) is 0 Å². The molecule has 0 aromatic carbocycles. The summed E-state index contributed by atoms with van der Waals surface area (Å²) in [7, 11) is 0.